The first kappa shape index (κ1) is 26.6. The number of fused-ring (bicyclic) bond motifs is 2. The van der Waals surface area contributed by atoms with Gasteiger partial charge in [-0.1, -0.05) is 123 Å². The molecule has 0 N–H and O–H groups in total. The van der Waals surface area contributed by atoms with Gasteiger partial charge in [0, 0.05) is 46.2 Å². The second kappa shape index (κ2) is 10.9. The van der Waals surface area contributed by atoms with Gasteiger partial charge < -0.3 is 9.80 Å². The van der Waals surface area contributed by atoms with Gasteiger partial charge in [0.15, 0.2) is 0 Å². The Labute approximate surface area is 221 Å². The summed E-state index contributed by atoms with van der Waals surface area (Å²) < 4.78 is 0. The van der Waals surface area contributed by atoms with Gasteiger partial charge in [-0.25, -0.2) is 0 Å². The number of hydrogen-bond acceptors (Lipinski definition) is 2. The van der Waals surface area contributed by atoms with E-state index in [1.807, 2.05) is 0 Å². The van der Waals surface area contributed by atoms with Crippen LogP contribution in [0.2, 0.25) is 0 Å². The van der Waals surface area contributed by atoms with Gasteiger partial charge in [0.25, 0.3) is 0 Å². The minimum Gasteiger partial charge on any atom is -0.345 e. The number of hydrogen-bond donors (Lipinski definition) is 0. The van der Waals surface area contributed by atoms with Crippen molar-refractivity contribution in [1.82, 2.24) is 0 Å². The van der Waals surface area contributed by atoms with E-state index in [0.717, 1.165) is 6.54 Å². The lowest BCUT2D eigenvalue weighted by molar-refractivity contribution is 0.471. The number of rotatable bonds is 12. The molecule has 2 aromatic rings. The van der Waals surface area contributed by atoms with Crippen LogP contribution in [0.25, 0.3) is 0 Å². The Bertz CT molecular complexity index is 1080. The summed E-state index contributed by atoms with van der Waals surface area (Å²) in [6.07, 6.45) is 11.5. The summed E-state index contributed by atoms with van der Waals surface area (Å²) in [4.78, 5) is 5.08. The molecule has 0 saturated heterocycles. The fourth-order valence-electron chi connectivity index (χ4n) is 6.40. The Morgan fingerprint density at radius 3 is 1.83 bits per heavy atom. The Morgan fingerprint density at radius 1 is 0.667 bits per heavy atom. The number of anilines is 2. The van der Waals surface area contributed by atoms with Gasteiger partial charge in [-0.05, 0) is 42.5 Å². The van der Waals surface area contributed by atoms with Gasteiger partial charge in [0.2, 0.25) is 0 Å². The molecular formula is C34H48N2. The van der Waals surface area contributed by atoms with Crippen molar-refractivity contribution < 1.29 is 0 Å². The summed E-state index contributed by atoms with van der Waals surface area (Å²) in [5.41, 5.74) is 8.14. The lowest BCUT2D eigenvalue weighted by atomic mass is 9.84. The van der Waals surface area contributed by atoms with Crippen LogP contribution in [0.1, 0.15) is 104 Å². The van der Waals surface area contributed by atoms with Crippen LogP contribution in [0.3, 0.4) is 0 Å². The minimum atomic E-state index is 0.00850. The van der Waals surface area contributed by atoms with Crippen LogP contribution in [0, 0.1) is 0 Å². The summed E-state index contributed by atoms with van der Waals surface area (Å²) in [6, 6.07) is 18.4. The van der Waals surface area contributed by atoms with Crippen LogP contribution in [0.15, 0.2) is 73.1 Å². The second-order valence-corrected chi connectivity index (χ2v) is 12.1. The number of allylic oxidation sites excluding steroid dienone is 2. The smallest absolute Gasteiger partial charge is 0.0453 e. The van der Waals surface area contributed by atoms with E-state index in [4.69, 9.17) is 0 Å². The molecule has 4 rings (SSSR count). The minimum absolute atomic E-state index is 0.00850. The molecule has 2 heteroatoms. The van der Waals surface area contributed by atoms with Crippen LogP contribution in [0.5, 0.6) is 0 Å². The topological polar surface area (TPSA) is 6.48 Å². The van der Waals surface area contributed by atoms with E-state index in [0.29, 0.717) is 6.04 Å². The van der Waals surface area contributed by atoms with Crippen molar-refractivity contribution in [1.29, 1.82) is 0 Å². The van der Waals surface area contributed by atoms with Gasteiger partial charge in [-0.2, -0.15) is 0 Å². The van der Waals surface area contributed by atoms with Crippen molar-refractivity contribution in [2.75, 3.05) is 16.3 Å². The Kier molecular flexibility index (Phi) is 8.03. The first-order chi connectivity index (χ1) is 17.2. The number of unbranched alkanes of at least 4 members (excludes halogenated alkanes) is 5. The van der Waals surface area contributed by atoms with Crippen molar-refractivity contribution in [2.24, 2.45) is 0 Å². The highest BCUT2D eigenvalue weighted by molar-refractivity contribution is 5.71. The van der Waals surface area contributed by atoms with Crippen molar-refractivity contribution >= 4 is 11.4 Å². The highest BCUT2D eigenvalue weighted by atomic mass is 15.2. The lowest BCUT2D eigenvalue weighted by Gasteiger charge is -2.34. The van der Waals surface area contributed by atoms with Crippen molar-refractivity contribution in [3.8, 4) is 0 Å². The monoisotopic (exact) mass is 484 g/mol. The third kappa shape index (κ3) is 4.89. The van der Waals surface area contributed by atoms with Crippen LogP contribution >= 0.6 is 0 Å². The van der Waals surface area contributed by atoms with E-state index in [2.05, 4.69) is 106 Å². The van der Waals surface area contributed by atoms with E-state index < -0.39 is 0 Å². The van der Waals surface area contributed by atoms with E-state index in [1.165, 1.54) is 91.7 Å². The summed E-state index contributed by atoms with van der Waals surface area (Å²) in [5, 5.41) is 0. The summed E-state index contributed by atoms with van der Waals surface area (Å²) in [7, 11) is 0. The van der Waals surface area contributed by atoms with Crippen molar-refractivity contribution in [3.05, 3.63) is 84.2 Å². The first-order valence-corrected chi connectivity index (χ1v) is 14.4. The largest absolute Gasteiger partial charge is 0.345 e. The van der Waals surface area contributed by atoms with Crippen LogP contribution in [-0.2, 0) is 10.8 Å². The molecule has 0 bridgehead atoms. The van der Waals surface area contributed by atoms with E-state index in [1.54, 1.807) is 0 Å². The molecule has 0 radical (unpaired) electrons. The Balaban J connectivity index is 1.39. The molecule has 2 aliphatic heterocycles. The molecule has 0 saturated carbocycles. The quantitative estimate of drug-likeness (QED) is 0.277. The molecule has 0 fully saturated rings. The molecule has 1 unspecified atom stereocenters. The summed E-state index contributed by atoms with van der Waals surface area (Å²) in [6.45, 7) is 21.7. The second-order valence-electron chi connectivity index (χ2n) is 12.1. The molecule has 0 amide bonds. The molecule has 0 spiro atoms. The molecule has 2 heterocycles. The normalized spacial score (nSPS) is 18.5. The van der Waals surface area contributed by atoms with Crippen molar-refractivity contribution in [2.45, 2.75) is 109 Å². The highest BCUT2D eigenvalue weighted by Gasteiger charge is 2.41. The third-order valence-corrected chi connectivity index (χ3v) is 8.94. The SMILES string of the molecule is C=C1N(CCCCCC(CCCCCC)N2C(=C)C(C)(C)c3ccccc32)c2ccccc2C1(C)C. The fraction of sp³-hybridized carbons (Fsp3) is 0.529. The number of para-hydroxylation sites is 2. The molecule has 2 aromatic carbocycles. The maximum absolute atomic E-state index is 4.62. The van der Waals surface area contributed by atoms with Gasteiger partial charge in [0.1, 0.15) is 0 Å². The maximum atomic E-state index is 4.62. The van der Waals surface area contributed by atoms with Crippen LogP contribution in [0.4, 0.5) is 11.4 Å². The van der Waals surface area contributed by atoms with Gasteiger partial charge >= 0.3 is 0 Å². The molecule has 2 aliphatic rings. The Morgan fingerprint density at radius 2 is 1.19 bits per heavy atom. The Hall–Kier alpha value is -2.48. The van der Waals surface area contributed by atoms with Crippen LogP contribution in [-0.4, -0.2) is 12.6 Å². The first-order valence-electron chi connectivity index (χ1n) is 14.4. The summed E-state index contributed by atoms with van der Waals surface area (Å²) >= 11 is 0. The van der Waals surface area contributed by atoms with E-state index >= 15 is 0 Å². The lowest BCUT2D eigenvalue weighted by Crippen LogP contribution is -2.35. The zero-order valence-corrected chi connectivity index (χ0v) is 23.6. The van der Waals surface area contributed by atoms with Crippen molar-refractivity contribution in [3.63, 3.8) is 0 Å². The molecule has 0 aliphatic carbocycles. The number of nitrogens with zero attached hydrogens (tertiary/aromatic N) is 2. The zero-order valence-electron chi connectivity index (χ0n) is 23.6. The molecule has 1 atom stereocenters. The van der Waals surface area contributed by atoms with E-state index in [-0.39, 0.29) is 10.8 Å². The maximum Gasteiger partial charge on any atom is 0.0453 e. The molecule has 194 valence electrons. The van der Waals surface area contributed by atoms with Crippen LogP contribution < -0.4 is 9.80 Å². The predicted octanol–water partition coefficient (Wildman–Crippen LogP) is 9.51. The molecule has 2 nitrogen and oxygen atoms in total. The highest BCUT2D eigenvalue weighted by Crippen LogP contribution is 2.49. The zero-order chi connectivity index (χ0) is 25.9. The van der Waals surface area contributed by atoms with Gasteiger partial charge in [-0.3, -0.25) is 0 Å². The van der Waals surface area contributed by atoms with Gasteiger partial charge in [0.05, 0.1) is 0 Å². The number of benzene rings is 2. The third-order valence-electron chi connectivity index (χ3n) is 8.94. The van der Waals surface area contributed by atoms with Gasteiger partial charge in [-0.15, -0.1) is 0 Å². The molecule has 0 aromatic heterocycles. The standard InChI is InChI=1S/C34H48N2/c1-8-9-10-12-19-28(36-27(3)34(6,7)30-22-15-17-24-32(30)36)20-13-11-18-25-35-26(2)33(4,5)29-21-14-16-23-31(29)35/h14-17,21-24,28H,2-3,8-13,18-20,25H2,1,4-7H3. The van der Waals surface area contributed by atoms with E-state index in [9.17, 15) is 0 Å². The summed E-state index contributed by atoms with van der Waals surface area (Å²) in [5.74, 6) is 0. The average molecular weight is 485 g/mol. The predicted molar refractivity (Wildman–Crippen MR) is 158 cm³/mol. The fourth-order valence-corrected chi connectivity index (χ4v) is 6.40. The molecular weight excluding hydrogens is 436 g/mol. The molecule has 36 heavy (non-hydrogen) atoms. The average Bonchev–Trinajstić information content (AvgIpc) is 3.19.